The molecule has 1 aromatic rings. The minimum absolute atomic E-state index is 0.131. The minimum Gasteiger partial charge on any atom is -0.377 e. The van der Waals surface area contributed by atoms with Gasteiger partial charge in [0.15, 0.2) is 0 Å². The highest BCUT2D eigenvalue weighted by molar-refractivity contribution is 8.01. The van der Waals surface area contributed by atoms with Crippen molar-refractivity contribution in [2.24, 2.45) is 5.92 Å². The first-order valence-electron chi connectivity index (χ1n) is 7.69. The zero-order chi connectivity index (χ0) is 14.3. The molecule has 112 valence electrons. The molecule has 1 amide bonds. The van der Waals surface area contributed by atoms with E-state index in [1.807, 2.05) is 16.7 Å². The molecule has 1 unspecified atom stereocenters. The van der Waals surface area contributed by atoms with E-state index in [0.717, 1.165) is 43.4 Å². The molecule has 1 atom stereocenters. The number of carbonyl (C=O) groups is 1. The molecule has 2 aliphatic heterocycles. The Morgan fingerprint density at radius 1 is 1.38 bits per heavy atom. The van der Waals surface area contributed by atoms with Gasteiger partial charge < -0.3 is 9.64 Å². The zero-order valence-electron chi connectivity index (χ0n) is 12.0. The fraction of sp³-hybridized carbons (Fsp3) is 0.625. The summed E-state index contributed by atoms with van der Waals surface area (Å²) in [6.45, 7) is 2.67. The second-order valence-corrected chi connectivity index (χ2v) is 7.98. The highest BCUT2D eigenvalue weighted by Gasteiger charge is 2.51. The van der Waals surface area contributed by atoms with Gasteiger partial charge in [-0.1, -0.05) is 0 Å². The normalized spacial score (nSPS) is 26.9. The van der Waals surface area contributed by atoms with Gasteiger partial charge in [-0.2, -0.15) is 0 Å². The monoisotopic (exact) mass is 304 g/mol. The van der Waals surface area contributed by atoms with E-state index in [-0.39, 0.29) is 10.7 Å². The molecule has 21 heavy (non-hydrogen) atoms. The third-order valence-corrected chi connectivity index (χ3v) is 6.19. The van der Waals surface area contributed by atoms with Crippen LogP contribution in [-0.4, -0.2) is 52.1 Å². The van der Waals surface area contributed by atoms with Gasteiger partial charge in [0.05, 0.1) is 10.9 Å². The van der Waals surface area contributed by atoms with Crippen LogP contribution in [0.2, 0.25) is 0 Å². The lowest BCUT2D eigenvalue weighted by atomic mass is 9.92. The predicted molar refractivity (Wildman–Crippen MR) is 82.4 cm³/mol. The van der Waals surface area contributed by atoms with Crippen molar-refractivity contribution in [1.29, 1.82) is 0 Å². The van der Waals surface area contributed by atoms with E-state index in [4.69, 9.17) is 4.74 Å². The van der Waals surface area contributed by atoms with E-state index in [1.54, 1.807) is 24.5 Å². The molecule has 1 saturated carbocycles. The molecule has 4 rings (SSSR count). The third-order valence-electron chi connectivity index (χ3n) is 4.61. The summed E-state index contributed by atoms with van der Waals surface area (Å²) in [7, 11) is 0. The molecule has 3 fully saturated rings. The Morgan fingerprint density at radius 3 is 2.86 bits per heavy atom. The Labute approximate surface area is 129 Å². The lowest BCUT2D eigenvalue weighted by Crippen LogP contribution is -2.60. The van der Waals surface area contributed by atoms with E-state index in [1.165, 1.54) is 12.8 Å². The van der Waals surface area contributed by atoms with Crippen LogP contribution in [0.1, 0.15) is 29.6 Å². The van der Waals surface area contributed by atoms with Crippen LogP contribution < -0.4 is 0 Å². The average molecular weight is 304 g/mol. The molecule has 3 aliphatic rings. The number of amides is 1. The second kappa shape index (κ2) is 5.29. The van der Waals surface area contributed by atoms with Crippen molar-refractivity contribution in [2.45, 2.75) is 30.1 Å². The van der Waals surface area contributed by atoms with Gasteiger partial charge >= 0.3 is 0 Å². The van der Waals surface area contributed by atoms with Crippen molar-refractivity contribution in [3.8, 4) is 0 Å². The van der Waals surface area contributed by atoms with Crippen LogP contribution in [0.3, 0.4) is 0 Å². The number of rotatable bonds is 4. The van der Waals surface area contributed by atoms with Gasteiger partial charge in [-0.15, -0.1) is 11.8 Å². The van der Waals surface area contributed by atoms with Gasteiger partial charge in [0.25, 0.3) is 5.91 Å². The number of hydrogen-bond acceptors (Lipinski definition) is 4. The SMILES string of the molecule is O=C(c1ccncc1)N1CC2(CC(OCC3CC3)CS2)C1. The van der Waals surface area contributed by atoms with Crippen LogP contribution in [0.15, 0.2) is 24.5 Å². The Kier molecular flexibility index (Phi) is 3.42. The second-order valence-electron chi connectivity index (χ2n) is 6.49. The van der Waals surface area contributed by atoms with E-state index < -0.39 is 0 Å². The Balaban J connectivity index is 1.29. The minimum atomic E-state index is 0.131. The molecular weight excluding hydrogens is 284 g/mol. The average Bonchev–Trinajstić information content (AvgIpc) is 3.22. The summed E-state index contributed by atoms with van der Waals surface area (Å²) in [6, 6.07) is 3.58. The number of ether oxygens (including phenoxy) is 1. The van der Waals surface area contributed by atoms with Crippen LogP contribution in [0.25, 0.3) is 0 Å². The lowest BCUT2D eigenvalue weighted by molar-refractivity contribution is 0.0287. The summed E-state index contributed by atoms with van der Waals surface area (Å²) in [5.74, 6) is 2.05. The summed E-state index contributed by atoms with van der Waals surface area (Å²) in [6.07, 6.45) is 7.54. The maximum atomic E-state index is 12.3. The highest BCUT2D eigenvalue weighted by Crippen LogP contribution is 2.46. The molecule has 1 aromatic heterocycles. The van der Waals surface area contributed by atoms with Crippen molar-refractivity contribution >= 4 is 17.7 Å². The number of carbonyl (C=O) groups excluding carboxylic acids is 1. The third kappa shape index (κ3) is 2.81. The van der Waals surface area contributed by atoms with Crippen molar-refractivity contribution in [2.75, 3.05) is 25.4 Å². The molecule has 1 spiro atoms. The molecule has 3 heterocycles. The molecular formula is C16H20N2O2S. The van der Waals surface area contributed by atoms with Crippen LogP contribution >= 0.6 is 11.8 Å². The smallest absolute Gasteiger partial charge is 0.254 e. The maximum absolute atomic E-state index is 12.3. The standard InChI is InChI=1S/C16H20N2O2S/c19-15(13-3-5-17-6-4-13)18-10-16(11-18)7-14(9-21-16)20-8-12-1-2-12/h3-6,12,14H,1-2,7-11H2. The van der Waals surface area contributed by atoms with Gasteiger partial charge in [-0.05, 0) is 37.3 Å². The van der Waals surface area contributed by atoms with E-state index >= 15 is 0 Å². The quantitative estimate of drug-likeness (QED) is 0.855. The van der Waals surface area contributed by atoms with Crippen molar-refractivity contribution in [1.82, 2.24) is 9.88 Å². The van der Waals surface area contributed by atoms with Crippen molar-refractivity contribution in [3.63, 3.8) is 0 Å². The van der Waals surface area contributed by atoms with Crippen LogP contribution in [0.4, 0.5) is 0 Å². The van der Waals surface area contributed by atoms with Crippen LogP contribution in [0, 0.1) is 5.92 Å². The molecule has 2 saturated heterocycles. The molecule has 0 aromatic carbocycles. The number of aromatic nitrogens is 1. The Morgan fingerprint density at radius 2 is 2.14 bits per heavy atom. The fourth-order valence-corrected chi connectivity index (χ4v) is 4.71. The van der Waals surface area contributed by atoms with Crippen LogP contribution in [-0.2, 0) is 4.74 Å². The highest BCUT2D eigenvalue weighted by atomic mass is 32.2. The van der Waals surface area contributed by atoms with Gasteiger partial charge in [0.2, 0.25) is 0 Å². The zero-order valence-corrected chi connectivity index (χ0v) is 12.8. The lowest BCUT2D eigenvalue weighted by Gasteiger charge is -2.47. The van der Waals surface area contributed by atoms with Crippen molar-refractivity contribution < 1.29 is 9.53 Å². The van der Waals surface area contributed by atoms with Crippen molar-refractivity contribution in [3.05, 3.63) is 30.1 Å². The Bertz CT molecular complexity index is 526. The van der Waals surface area contributed by atoms with Crippen LogP contribution in [0.5, 0.6) is 0 Å². The van der Waals surface area contributed by atoms with E-state index in [0.29, 0.717) is 6.10 Å². The van der Waals surface area contributed by atoms with E-state index in [2.05, 4.69) is 4.98 Å². The number of nitrogens with zero attached hydrogens (tertiary/aromatic N) is 2. The van der Waals surface area contributed by atoms with Gasteiger partial charge in [-0.3, -0.25) is 9.78 Å². The summed E-state index contributed by atoms with van der Waals surface area (Å²) in [5, 5.41) is 0. The fourth-order valence-electron chi connectivity index (χ4n) is 3.16. The molecule has 5 heteroatoms. The van der Waals surface area contributed by atoms with Gasteiger partial charge in [0, 0.05) is 43.4 Å². The van der Waals surface area contributed by atoms with Gasteiger partial charge in [0.1, 0.15) is 0 Å². The molecule has 1 aliphatic carbocycles. The predicted octanol–water partition coefficient (Wildman–Crippen LogP) is 2.21. The first-order chi connectivity index (χ1) is 10.2. The maximum Gasteiger partial charge on any atom is 0.254 e. The number of likely N-dealkylation sites (tertiary alicyclic amines) is 1. The first-order valence-corrected chi connectivity index (χ1v) is 8.68. The number of thioether (sulfide) groups is 1. The Hall–Kier alpha value is -1.07. The number of hydrogen-bond donors (Lipinski definition) is 0. The summed E-state index contributed by atoms with van der Waals surface area (Å²) in [5.41, 5.74) is 0.740. The summed E-state index contributed by atoms with van der Waals surface area (Å²) in [4.78, 5) is 18.2. The van der Waals surface area contributed by atoms with E-state index in [9.17, 15) is 4.79 Å². The summed E-state index contributed by atoms with van der Waals surface area (Å²) < 4.78 is 6.27. The molecule has 4 nitrogen and oxygen atoms in total. The topological polar surface area (TPSA) is 42.4 Å². The largest absolute Gasteiger partial charge is 0.377 e. The van der Waals surface area contributed by atoms with Gasteiger partial charge in [-0.25, -0.2) is 0 Å². The molecule has 0 bridgehead atoms. The molecule has 0 N–H and O–H groups in total. The number of pyridine rings is 1. The first kappa shape index (κ1) is 13.6. The molecule has 0 radical (unpaired) electrons. The summed E-state index contributed by atoms with van der Waals surface area (Å²) >= 11 is 2.00.